The lowest BCUT2D eigenvalue weighted by Gasteiger charge is -2.29. The third kappa shape index (κ3) is 32.0. The number of benzene rings is 1. The Morgan fingerprint density at radius 1 is 0.455 bits per heavy atom. The van der Waals surface area contributed by atoms with Crippen LogP contribution in [0.1, 0.15) is 120 Å². The van der Waals surface area contributed by atoms with Gasteiger partial charge in [0.2, 0.25) is 88.6 Å². The standard InChI is InChI=1S/C63H98N16O22/c1-29(2)21-38(72-56(93)41(24-48(87)88)75-54(91)36-17-14-20-65-36)55(92)74-40(23-43(64)81)58(95)78-51(32(7)8)62(99)79-49(30(3)4)60(97)68-25-44(82)66-26-45(83)69-34(10)53(90)76-42(28-80)59(96)73-39(22-35-15-12-11-13-16-35)57(94)77-50(31(5)6)61(98)70-33(9)52(89)67-27-46(84)71-37(63(100)101)18-19-47(85)86/h11-13,15-16,29-34,36-42,49-51,65,80H,14,17-28H2,1-10H3,(H2,64,81)(H,66,82)(H,67,89)(H,68,97)(H,69,83)(H,70,98)(H,71,84)(H,72,93)(H,73,96)(H,74,92)(H,75,91)(H,76,90)(H,77,94)(H,78,95)(H,79,99)(H,85,86)(H,87,88)(H,100,101)/t33-,34-,36-,37-,38-,39-,40-,41-,42-,49-,50-,51-/m0/s1. The van der Waals surface area contributed by atoms with Crippen LogP contribution in [-0.2, 0) is 92.7 Å². The number of nitrogens with one attached hydrogen (secondary N) is 15. The summed E-state index contributed by atoms with van der Waals surface area (Å²) in [5, 5.41) is 73.9. The highest BCUT2D eigenvalue weighted by molar-refractivity contribution is 6.01. The van der Waals surface area contributed by atoms with Crippen molar-refractivity contribution in [2.45, 2.75) is 193 Å². The van der Waals surface area contributed by atoms with Gasteiger partial charge in [-0.3, -0.25) is 81.5 Å². The van der Waals surface area contributed by atoms with Gasteiger partial charge in [-0.2, -0.15) is 0 Å². The summed E-state index contributed by atoms with van der Waals surface area (Å²) in [6, 6.07) is -8.99. The molecular formula is C63H98N16O22. The zero-order chi connectivity index (χ0) is 76.5. The van der Waals surface area contributed by atoms with Crippen molar-refractivity contribution in [3.05, 3.63) is 35.9 Å². The highest BCUT2D eigenvalue weighted by Gasteiger charge is 2.38. The van der Waals surface area contributed by atoms with Crippen molar-refractivity contribution in [2.24, 2.45) is 29.4 Å². The van der Waals surface area contributed by atoms with E-state index in [0.29, 0.717) is 24.9 Å². The molecule has 0 aliphatic carbocycles. The number of carbonyl (C=O) groups excluding carboxylic acids is 15. The van der Waals surface area contributed by atoms with Crippen molar-refractivity contribution in [3.8, 4) is 0 Å². The van der Waals surface area contributed by atoms with E-state index < -0.39 is 249 Å². The van der Waals surface area contributed by atoms with Gasteiger partial charge < -0.3 is 106 Å². The maximum Gasteiger partial charge on any atom is 0.326 e. The maximum absolute atomic E-state index is 14.0. The molecule has 562 valence electrons. The van der Waals surface area contributed by atoms with Crippen molar-refractivity contribution in [1.82, 2.24) is 79.8 Å². The van der Waals surface area contributed by atoms with Gasteiger partial charge in [0.05, 0.1) is 45.1 Å². The number of amides is 15. The van der Waals surface area contributed by atoms with Gasteiger partial charge in [0.25, 0.3) is 0 Å². The summed E-state index contributed by atoms with van der Waals surface area (Å²) >= 11 is 0. The second-order valence-electron chi connectivity index (χ2n) is 25.5. The van der Waals surface area contributed by atoms with E-state index in [1.54, 1.807) is 71.9 Å². The molecule has 0 bridgehead atoms. The van der Waals surface area contributed by atoms with Gasteiger partial charge in [-0.25, -0.2) is 4.79 Å². The minimum absolute atomic E-state index is 0.0670. The number of hydrogen-bond acceptors (Lipinski definition) is 20. The lowest BCUT2D eigenvalue weighted by Crippen LogP contribution is -2.61. The largest absolute Gasteiger partial charge is 0.481 e. The van der Waals surface area contributed by atoms with Crippen LogP contribution in [0.2, 0.25) is 0 Å². The molecule has 0 saturated carbocycles. The first kappa shape index (κ1) is 86.7. The van der Waals surface area contributed by atoms with Crippen LogP contribution in [0.3, 0.4) is 0 Å². The van der Waals surface area contributed by atoms with Gasteiger partial charge in [0, 0.05) is 12.8 Å². The second kappa shape index (κ2) is 43.2. The number of aliphatic hydroxyl groups is 1. The molecule has 21 N–H and O–H groups in total. The third-order valence-corrected chi connectivity index (χ3v) is 15.3. The topological polar surface area (TPSA) is 595 Å². The minimum atomic E-state index is -1.74. The summed E-state index contributed by atoms with van der Waals surface area (Å²) in [6.07, 6.45) is -1.79. The van der Waals surface area contributed by atoms with Crippen LogP contribution < -0.4 is 85.5 Å². The first-order chi connectivity index (χ1) is 47.2. The number of aliphatic carboxylic acids is 3. The molecule has 1 saturated heterocycles. The minimum Gasteiger partial charge on any atom is -0.481 e. The van der Waals surface area contributed by atoms with Crippen molar-refractivity contribution in [3.63, 3.8) is 0 Å². The Hall–Kier alpha value is -10.4. The van der Waals surface area contributed by atoms with Gasteiger partial charge in [-0.15, -0.1) is 0 Å². The first-order valence-electron chi connectivity index (χ1n) is 32.7. The van der Waals surface area contributed by atoms with Gasteiger partial charge >= 0.3 is 17.9 Å². The zero-order valence-corrected chi connectivity index (χ0v) is 58.0. The number of hydrogen-bond donors (Lipinski definition) is 20. The second-order valence-corrected chi connectivity index (χ2v) is 25.5. The van der Waals surface area contributed by atoms with Crippen molar-refractivity contribution < 1.29 is 107 Å². The molecule has 1 fully saturated rings. The van der Waals surface area contributed by atoms with Crippen LogP contribution in [0.5, 0.6) is 0 Å². The monoisotopic (exact) mass is 1430 g/mol. The first-order valence-corrected chi connectivity index (χ1v) is 32.7. The van der Waals surface area contributed by atoms with Gasteiger partial charge in [0.15, 0.2) is 0 Å². The Kier molecular flexibility index (Phi) is 37.1. The highest BCUT2D eigenvalue weighted by atomic mass is 16.4. The van der Waals surface area contributed by atoms with E-state index in [-0.39, 0.29) is 18.8 Å². The Morgan fingerprint density at radius 3 is 1.44 bits per heavy atom. The summed E-state index contributed by atoms with van der Waals surface area (Å²) in [5.74, 6) is -20.9. The maximum atomic E-state index is 14.0. The third-order valence-electron chi connectivity index (χ3n) is 15.3. The van der Waals surface area contributed by atoms with Crippen LogP contribution in [0, 0.1) is 23.7 Å². The van der Waals surface area contributed by atoms with Crippen LogP contribution in [0.15, 0.2) is 30.3 Å². The average Bonchev–Trinajstić information content (AvgIpc) is 1.06. The predicted octanol–water partition coefficient (Wildman–Crippen LogP) is -6.99. The molecule has 0 radical (unpaired) electrons. The molecule has 0 unspecified atom stereocenters. The SMILES string of the molecule is CC(C)C[C@H](NC(=O)[C@H](CC(=O)O)NC(=O)[C@@H]1CCCN1)C(=O)N[C@@H](CC(N)=O)C(=O)N[C@H](C(=O)N[C@H](C(=O)NCC(=O)NCC(=O)N[C@@H](C)C(=O)N[C@@H](CO)C(=O)N[C@@H](Cc1ccccc1)C(=O)N[C@H](C(=O)N[C@@H](C)C(=O)NCC(=O)N[C@@H](CCC(=O)O)C(=O)O)C(C)C)C(C)C)C(C)C. The van der Waals surface area contributed by atoms with Crippen LogP contribution in [-0.4, -0.2) is 232 Å². The van der Waals surface area contributed by atoms with Gasteiger partial charge in [-0.05, 0) is 75.3 Å². The summed E-state index contributed by atoms with van der Waals surface area (Å²) in [5.41, 5.74) is 5.97. The molecule has 2 rings (SSSR count). The molecule has 38 heteroatoms. The van der Waals surface area contributed by atoms with E-state index in [9.17, 15) is 102 Å². The predicted molar refractivity (Wildman–Crippen MR) is 354 cm³/mol. The Bertz CT molecular complexity index is 3130. The quantitative estimate of drug-likeness (QED) is 0.0289. The molecule has 0 aromatic heterocycles. The Morgan fingerprint density at radius 2 is 0.911 bits per heavy atom. The number of primary amides is 1. The number of aliphatic hydroxyl groups excluding tert-OH is 1. The molecule has 1 heterocycles. The smallest absolute Gasteiger partial charge is 0.326 e. The number of carbonyl (C=O) groups is 18. The van der Waals surface area contributed by atoms with Crippen molar-refractivity contribution in [1.29, 1.82) is 0 Å². The van der Waals surface area contributed by atoms with E-state index in [4.69, 9.17) is 10.8 Å². The summed E-state index contributed by atoms with van der Waals surface area (Å²) in [6.45, 7) is 12.3. The van der Waals surface area contributed by atoms with E-state index in [1.165, 1.54) is 27.7 Å². The summed E-state index contributed by atoms with van der Waals surface area (Å²) in [4.78, 5) is 233. The molecular weight excluding hydrogens is 1330 g/mol. The normalized spacial score (nSPS) is 15.8. The lowest BCUT2D eigenvalue weighted by atomic mass is 9.99. The average molecular weight is 1430 g/mol. The fourth-order valence-electron chi connectivity index (χ4n) is 9.74. The summed E-state index contributed by atoms with van der Waals surface area (Å²) < 4.78 is 0. The van der Waals surface area contributed by atoms with Gasteiger partial charge in [0.1, 0.15) is 66.5 Å². The number of rotatable bonds is 44. The molecule has 1 aromatic carbocycles. The molecule has 12 atom stereocenters. The molecule has 101 heavy (non-hydrogen) atoms. The van der Waals surface area contributed by atoms with Crippen molar-refractivity contribution in [2.75, 3.05) is 32.8 Å². The number of carboxylic acids is 3. The van der Waals surface area contributed by atoms with E-state index in [1.807, 2.05) is 0 Å². The van der Waals surface area contributed by atoms with Crippen LogP contribution in [0.25, 0.3) is 0 Å². The van der Waals surface area contributed by atoms with E-state index in [2.05, 4.69) is 79.8 Å². The molecule has 1 aliphatic rings. The molecule has 0 spiro atoms. The molecule has 1 aliphatic heterocycles. The molecule has 1 aromatic rings. The van der Waals surface area contributed by atoms with Crippen LogP contribution >= 0.6 is 0 Å². The zero-order valence-electron chi connectivity index (χ0n) is 58.0. The summed E-state index contributed by atoms with van der Waals surface area (Å²) in [7, 11) is 0. The Balaban J connectivity index is 2.07. The molecule has 15 amide bonds. The molecule has 38 nitrogen and oxygen atoms in total. The van der Waals surface area contributed by atoms with Crippen molar-refractivity contribution >= 4 is 107 Å². The number of carboxylic acid groups (broad SMARTS) is 3. The number of nitrogens with two attached hydrogens (primary N) is 1. The van der Waals surface area contributed by atoms with Crippen LogP contribution in [0.4, 0.5) is 0 Å². The van der Waals surface area contributed by atoms with E-state index >= 15 is 0 Å². The Labute approximate surface area is 582 Å². The highest BCUT2D eigenvalue weighted by Crippen LogP contribution is 2.13. The fraction of sp³-hybridized carbons (Fsp3) is 0.619. The van der Waals surface area contributed by atoms with E-state index in [0.717, 1.165) is 0 Å². The van der Waals surface area contributed by atoms with Gasteiger partial charge in [-0.1, -0.05) is 85.7 Å². The lowest BCUT2D eigenvalue weighted by molar-refractivity contribution is -0.143. The fourth-order valence-corrected chi connectivity index (χ4v) is 9.74.